The van der Waals surface area contributed by atoms with Gasteiger partial charge < -0.3 is 19.7 Å². The molecule has 1 unspecified atom stereocenters. The number of hydrogen-bond acceptors (Lipinski definition) is 9. The van der Waals surface area contributed by atoms with Crippen LogP contribution in [-0.2, 0) is 27.7 Å². The van der Waals surface area contributed by atoms with Gasteiger partial charge in [0.2, 0.25) is 0 Å². The molecule has 0 saturated carbocycles. The Balaban J connectivity index is 1.22. The monoisotopic (exact) mass is 545 g/mol. The van der Waals surface area contributed by atoms with Gasteiger partial charge in [0.25, 0.3) is 5.91 Å². The molecule has 1 aromatic carbocycles. The lowest BCUT2D eigenvalue weighted by molar-refractivity contribution is 0.0950. The fraction of sp³-hybridized carbons (Fsp3) is 0.286. The molecular formula is C28H27N5O5S. The van der Waals surface area contributed by atoms with Gasteiger partial charge >= 0.3 is 0 Å². The maximum absolute atomic E-state index is 12.9. The molecule has 0 spiro atoms. The first-order chi connectivity index (χ1) is 18.8. The summed E-state index contributed by atoms with van der Waals surface area (Å²) in [5.74, 6) is 1.04. The molecule has 0 radical (unpaired) electrons. The van der Waals surface area contributed by atoms with Crippen LogP contribution in [0.3, 0.4) is 0 Å². The lowest BCUT2D eigenvalue weighted by Crippen LogP contribution is -2.38. The second kappa shape index (κ2) is 9.90. The fourth-order valence-corrected chi connectivity index (χ4v) is 6.00. The highest BCUT2D eigenvalue weighted by Gasteiger charge is 2.25. The van der Waals surface area contributed by atoms with E-state index in [9.17, 15) is 13.2 Å². The van der Waals surface area contributed by atoms with Crippen molar-refractivity contribution < 1.29 is 22.7 Å². The summed E-state index contributed by atoms with van der Waals surface area (Å²) in [6.45, 7) is 3.20. The van der Waals surface area contributed by atoms with Crippen molar-refractivity contribution in [3.8, 4) is 17.1 Å². The van der Waals surface area contributed by atoms with Crippen molar-refractivity contribution in [2.45, 2.75) is 31.0 Å². The lowest BCUT2D eigenvalue weighted by Gasteiger charge is -2.32. The van der Waals surface area contributed by atoms with Gasteiger partial charge in [0.15, 0.2) is 21.4 Å². The number of amides is 1. The van der Waals surface area contributed by atoms with Crippen molar-refractivity contribution in [2.24, 2.45) is 0 Å². The van der Waals surface area contributed by atoms with Gasteiger partial charge in [-0.2, -0.15) is 0 Å². The van der Waals surface area contributed by atoms with Crippen molar-refractivity contribution in [2.75, 3.05) is 30.9 Å². The van der Waals surface area contributed by atoms with Gasteiger partial charge in [-0.05, 0) is 55.0 Å². The molecule has 2 aliphatic heterocycles. The predicted molar refractivity (Wildman–Crippen MR) is 145 cm³/mol. The van der Waals surface area contributed by atoms with Gasteiger partial charge in [-0.3, -0.25) is 9.78 Å². The van der Waals surface area contributed by atoms with Gasteiger partial charge in [0.1, 0.15) is 6.61 Å². The van der Waals surface area contributed by atoms with E-state index in [1.807, 2.05) is 37.4 Å². The van der Waals surface area contributed by atoms with Crippen molar-refractivity contribution in [1.29, 1.82) is 0 Å². The molecule has 0 saturated heterocycles. The average Bonchev–Trinajstić information content (AvgIpc) is 3.10. The first kappa shape index (κ1) is 25.2. The second-order valence-corrected chi connectivity index (χ2v) is 11.8. The molecule has 1 atom stereocenters. The maximum Gasteiger partial charge on any atom is 0.251 e. The number of pyridine rings is 3. The third-order valence-corrected chi connectivity index (χ3v) is 8.81. The quantitative estimate of drug-likeness (QED) is 0.412. The van der Waals surface area contributed by atoms with Gasteiger partial charge in [0, 0.05) is 24.2 Å². The van der Waals surface area contributed by atoms with Gasteiger partial charge in [0.05, 0.1) is 59.0 Å². The Bertz CT molecular complexity index is 1710. The molecule has 6 rings (SSSR count). The Morgan fingerprint density at radius 2 is 1.92 bits per heavy atom. The zero-order valence-corrected chi connectivity index (χ0v) is 22.4. The molecule has 200 valence electrons. The molecule has 0 aliphatic carbocycles. The van der Waals surface area contributed by atoms with E-state index >= 15 is 0 Å². The highest BCUT2D eigenvalue weighted by atomic mass is 32.2. The van der Waals surface area contributed by atoms with Crippen LogP contribution in [0.4, 0.5) is 5.82 Å². The third-order valence-electron chi connectivity index (χ3n) is 7.06. The third kappa shape index (κ3) is 4.90. The lowest BCUT2D eigenvalue weighted by atomic mass is 10.1. The van der Waals surface area contributed by atoms with Crippen molar-refractivity contribution in [3.63, 3.8) is 0 Å². The molecular weight excluding hydrogens is 518 g/mol. The van der Waals surface area contributed by atoms with Gasteiger partial charge in [-0.15, -0.1) is 0 Å². The normalized spacial score (nSPS) is 18.0. The summed E-state index contributed by atoms with van der Waals surface area (Å²) in [4.78, 5) is 29.2. The molecule has 11 heteroatoms. The van der Waals surface area contributed by atoms with E-state index < -0.39 is 9.84 Å². The maximum atomic E-state index is 12.9. The van der Waals surface area contributed by atoms with Crippen LogP contribution < -0.4 is 15.0 Å². The van der Waals surface area contributed by atoms with Crippen LogP contribution in [0.5, 0.6) is 5.75 Å². The van der Waals surface area contributed by atoms with Crippen molar-refractivity contribution >= 4 is 32.5 Å². The zero-order chi connectivity index (χ0) is 27.1. The summed E-state index contributed by atoms with van der Waals surface area (Å²) in [7, 11) is -1.50. The largest absolute Gasteiger partial charge is 0.488 e. The number of rotatable bonds is 4. The first-order valence-electron chi connectivity index (χ1n) is 12.6. The number of anilines is 1. The van der Waals surface area contributed by atoms with E-state index in [4.69, 9.17) is 19.4 Å². The Hall–Kier alpha value is -4.09. The minimum atomic E-state index is -3.50. The van der Waals surface area contributed by atoms with Crippen molar-refractivity contribution in [1.82, 2.24) is 20.3 Å². The Morgan fingerprint density at radius 1 is 1.10 bits per heavy atom. The number of sulfone groups is 1. The Kier molecular flexibility index (Phi) is 6.40. The number of nitrogens with one attached hydrogen (secondary N) is 1. The number of aromatic nitrogens is 3. The molecule has 0 bridgehead atoms. The SMILES string of the molecule is CC1COc2ccc(-c3ccc4cnc(CNC(=O)c5ccc6c(c5)S(=O)(=O)CCOC6)cc4n3)nc2N1C. The second-order valence-electron chi connectivity index (χ2n) is 9.73. The topological polar surface area (TPSA) is 124 Å². The summed E-state index contributed by atoms with van der Waals surface area (Å²) in [5.41, 5.74) is 3.62. The molecule has 0 fully saturated rings. The van der Waals surface area contributed by atoms with Crippen LogP contribution in [0, 0.1) is 0 Å². The molecule has 5 heterocycles. The minimum absolute atomic E-state index is 0.106. The number of hydrogen-bond donors (Lipinski definition) is 1. The van der Waals surface area contributed by atoms with E-state index in [2.05, 4.69) is 22.1 Å². The average molecular weight is 546 g/mol. The summed E-state index contributed by atoms with van der Waals surface area (Å²) >= 11 is 0. The summed E-state index contributed by atoms with van der Waals surface area (Å²) in [6.07, 6.45) is 1.71. The minimum Gasteiger partial charge on any atom is -0.488 e. The van der Waals surface area contributed by atoms with Crippen LogP contribution in [0.1, 0.15) is 28.5 Å². The van der Waals surface area contributed by atoms with Crippen LogP contribution in [0.25, 0.3) is 22.3 Å². The molecule has 1 amide bonds. The number of ether oxygens (including phenoxy) is 2. The van der Waals surface area contributed by atoms with E-state index in [1.54, 1.807) is 18.3 Å². The van der Waals surface area contributed by atoms with Crippen LogP contribution in [-0.4, -0.2) is 61.3 Å². The van der Waals surface area contributed by atoms with Crippen LogP contribution in [0.2, 0.25) is 0 Å². The number of nitrogens with zero attached hydrogens (tertiary/aromatic N) is 4. The molecule has 1 N–H and O–H groups in total. The Labute approximate surface area is 225 Å². The highest BCUT2D eigenvalue weighted by Crippen LogP contribution is 2.33. The van der Waals surface area contributed by atoms with Crippen molar-refractivity contribution in [3.05, 3.63) is 71.5 Å². The molecule has 3 aromatic heterocycles. The van der Waals surface area contributed by atoms with Gasteiger partial charge in [-0.25, -0.2) is 18.4 Å². The summed E-state index contributed by atoms with van der Waals surface area (Å²) < 4.78 is 36.3. The zero-order valence-electron chi connectivity index (χ0n) is 21.5. The number of likely N-dealkylation sites (N-methyl/N-ethyl adjacent to an activating group) is 1. The molecule has 10 nitrogen and oxygen atoms in total. The summed E-state index contributed by atoms with van der Waals surface area (Å²) in [6, 6.07) is 14.4. The number of carbonyl (C=O) groups is 1. The number of fused-ring (bicyclic) bond motifs is 3. The Morgan fingerprint density at radius 3 is 2.79 bits per heavy atom. The predicted octanol–water partition coefficient (Wildman–Crippen LogP) is 3.14. The molecule has 2 aliphatic rings. The molecule has 4 aromatic rings. The van der Waals surface area contributed by atoms with E-state index in [0.717, 1.165) is 28.2 Å². The number of carbonyl (C=O) groups excluding carboxylic acids is 1. The van der Waals surface area contributed by atoms with Gasteiger partial charge in [-0.1, -0.05) is 6.07 Å². The van der Waals surface area contributed by atoms with Crippen LogP contribution >= 0.6 is 0 Å². The van der Waals surface area contributed by atoms with Crippen LogP contribution in [0.15, 0.2) is 59.6 Å². The highest BCUT2D eigenvalue weighted by molar-refractivity contribution is 7.91. The smallest absolute Gasteiger partial charge is 0.251 e. The van der Waals surface area contributed by atoms with E-state index in [-0.39, 0.29) is 47.9 Å². The number of benzene rings is 1. The summed E-state index contributed by atoms with van der Waals surface area (Å²) in [5, 5.41) is 3.69. The van der Waals surface area contributed by atoms with E-state index in [1.165, 1.54) is 6.07 Å². The fourth-order valence-electron chi connectivity index (χ4n) is 4.61. The standard InChI is InChI=1S/C28H27N5O5S/c1-17-15-38-25-8-7-23(32-27(25)33(17)2)22-6-5-19-13-29-21(12-24(19)31-22)14-30-28(34)18-3-4-20-16-37-9-10-39(35,36)26(20)11-18/h3-8,11-13,17H,9-10,14-16H2,1-2H3,(H,30,34). The first-order valence-corrected chi connectivity index (χ1v) is 14.3. The molecule has 39 heavy (non-hydrogen) atoms. The van der Waals surface area contributed by atoms with E-state index in [0.29, 0.717) is 23.6 Å².